The molecular formula is C28H31N3O4S. The molecule has 0 unspecified atom stereocenters. The van der Waals surface area contributed by atoms with Gasteiger partial charge in [-0.1, -0.05) is 48.0 Å². The fourth-order valence-electron chi connectivity index (χ4n) is 4.24. The minimum atomic E-state index is -3.65. The van der Waals surface area contributed by atoms with Gasteiger partial charge in [0.15, 0.2) is 0 Å². The third kappa shape index (κ3) is 6.31. The van der Waals surface area contributed by atoms with Crippen LogP contribution in [0.1, 0.15) is 28.4 Å². The molecule has 0 aromatic heterocycles. The summed E-state index contributed by atoms with van der Waals surface area (Å²) in [5, 5.41) is 9.13. The largest absolute Gasteiger partial charge is 0.497 e. The van der Waals surface area contributed by atoms with Crippen molar-refractivity contribution in [3.8, 4) is 11.8 Å². The summed E-state index contributed by atoms with van der Waals surface area (Å²) < 4.78 is 39.5. The van der Waals surface area contributed by atoms with Crippen molar-refractivity contribution >= 4 is 10.0 Å². The molecule has 1 atom stereocenters. The SMILES string of the molecule is COc1cccc([C@H](CN2CCN(S(=O)(=O)c3cccc(C#N)c3)CC2)OCc2ccc(C)cc2)c1. The first kappa shape index (κ1) is 25.9. The lowest BCUT2D eigenvalue weighted by atomic mass is 10.1. The van der Waals surface area contributed by atoms with Crippen molar-refractivity contribution in [2.45, 2.75) is 24.5 Å². The topological polar surface area (TPSA) is 82.9 Å². The third-order valence-electron chi connectivity index (χ3n) is 6.39. The number of hydrogen-bond acceptors (Lipinski definition) is 6. The van der Waals surface area contributed by atoms with Crippen LogP contribution in [-0.2, 0) is 21.4 Å². The van der Waals surface area contributed by atoms with Crippen molar-refractivity contribution in [2.24, 2.45) is 0 Å². The molecule has 0 amide bonds. The molecule has 4 rings (SSSR count). The maximum Gasteiger partial charge on any atom is 0.243 e. The number of piperazine rings is 1. The zero-order valence-electron chi connectivity index (χ0n) is 20.6. The maximum absolute atomic E-state index is 13.1. The van der Waals surface area contributed by atoms with Gasteiger partial charge in [-0.05, 0) is 48.4 Å². The minimum absolute atomic E-state index is 0.158. The Kier molecular flexibility index (Phi) is 8.39. The number of nitrogens with zero attached hydrogens (tertiary/aromatic N) is 3. The minimum Gasteiger partial charge on any atom is -0.497 e. The molecule has 0 saturated carbocycles. The Morgan fingerprint density at radius 2 is 1.69 bits per heavy atom. The smallest absolute Gasteiger partial charge is 0.243 e. The Morgan fingerprint density at radius 1 is 0.972 bits per heavy atom. The second kappa shape index (κ2) is 11.7. The van der Waals surface area contributed by atoms with Crippen LogP contribution in [-0.4, -0.2) is 57.5 Å². The Bertz CT molecular complexity index is 1310. The summed E-state index contributed by atoms with van der Waals surface area (Å²) in [5.41, 5.74) is 3.66. The number of benzene rings is 3. The van der Waals surface area contributed by atoms with E-state index in [1.807, 2.05) is 30.3 Å². The number of hydrogen-bond donors (Lipinski definition) is 0. The van der Waals surface area contributed by atoms with Gasteiger partial charge < -0.3 is 9.47 Å². The number of methoxy groups -OCH3 is 1. The zero-order chi connectivity index (χ0) is 25.5. The van der Waals surface area contributed by atoms with Crippen LogP contribution < -0.4 is 4.74 Å². The van der Waals surface area contributed by atoms with Crippen LogP contribution in [0.5, 0.6) is 5.75 Å². The van der Waals surface area contributed by atoms with Gasteiger partial charge in [0, 0.05) is 32.7 Å². The van der Waals surface area contributed by atoms with Crippen LogP contribution >= 0.6 is 0 Å². The van der Waals surface area contributed by atoms with Crippen molar-refractivity contribution in [2.75, 3.05) is 39.8 Å². The quantitative estimate of drug-likeness (QED) is 0.435. The summed E-state index contributed by atoms with van der Waals surface area (Å²) in [5.74, 6) is 0.770. The van der Waals surface area contributed by atoms with Gasteiger partial charge >= 0.3 is 0 Å². The summed E-state index contributed by atoms with van der Waals surface area (Å²) in [6.07, 6.45) is -0.197. The molecule has 36 heavy (non-hydrogen) atoms. The van der Waals surface area contributed by atoms with Gasteiger partial charge in [-0.15, -0.1) is 0 Å². The Hall–Kier alpha value is -3.22. The summed E-state index contributed by atoms with van der Waals surface area (Å²) in [6.45, 7) is 5.10. The standard InChI is InChI=1S/C28H31N3O4S/c1-22-9-11-23(12-10-22)21-35-28(25-6-4-7-26(18-25)34-2)20-30-13-15-31(16-14-30)36(32,33)27-8-3-5-24(17-27)19-29/h3-12,17-18,28H,13-16,20-21H2,1-2H3/t28-/m0/s1. The molecule has 188 valence electrons. The predicted molar refractivity (Wildman–Crippen MR) is 138 cm³/mol. The normalized spacial score (nSPS) is 15.8. The van der Waals surface area contributed by atoms with E-state index in [9.17, 15) is 8.42 Å². The molecule has 8 heteroatoms. The van der Waals surface area contributed by atoms with Crippen LogP contribution in [0.2, 0.25) is 0 Å². The fraction of sp³-hybridized carbons (Fsp3) is 0.321. The van der Waals surface area contributed by atoms with Crippen molar-refractivity contribution in [3.63, 3.8) is 0 Å². The van der Waals surface area contributed by atoms with Crippen LogP contribution in [0.25, 0.3) is 0 Å². The van der Waals surface area contributed by atoms with E-state index in [-0.39, 0.29) is 11.0 Å². The van der Waals surface area contributed by atoms with Gasteiger partial charge in [-0.25, -0.2) is 8.42 Å². The van der Waals surface area contributed by atoms with Crippen molar-refractivity contribution in [3.05, 3.63) is 95.1 Å². The van der Waals surface area contributed by atoms with Crippen LogP contribution in [0, 0.1) is 18.3 Å². The molecule has 1 aliphatic heterocycles. The number of sulfonamides is 1. The molecule has 0 bridgehead atoms. The van der Waals surface area contributed by atoms with Gasteiger partial charge in [0.25, 0.3) is 0 Å². The van der Waals surface area contributed by atoms with Crippen molar-refractivity contribution in [1.82, 2.24) is 9.21 Å². The summed E-state index contributed by atoms with van der Waals surface area (Å²) in [6, 6.07) is 24.4. The lowest BCUT2D eigenvalue weighted by Gasteiger charge is -2.36. The molecule has 1 aliphatic rings. The molecular weight excluding hydrogens is 474 g/mol. The molecule has 1 saturated heterocycles. The maximum atomic E-state index is 13.1. The average Bonchev–Trinajstić information content (AvgIpc) is 2.92. The number of ether oxygens (including phenoxy) is 2. The van der Waals surface area contributed by atoms with E-state index in [0.717, 1.165) is 16.9 Å². The van der Waals surface area contributed by atoms with Gasteiger partial charge in [0.1, 0.15) is 5.75 Å². The van der Waals surface area contributed by atoms with Gasteiger partial charge in [0.05, 0.1) is 36.3 Å². The lowest BCUT2D eigenvalue weighted by molar-refractivity contribution is 0.00762. The van der Waals surface area contributed by atoms with E-state index in [1.54, 1.807) is 25.3 Å². The molecule has 7 nitrogen and oxygen atoms in total. The first-order valence-corrected chi connectivity index (χ1v) is 13.4. The van der Waals surface area contributed by atoms with Crippen LogP contribution in [0.15, 0.2) is 77.7 Å². The Morgan fingerprint density at radius 3 is 2.39 bits per heavy atom. The number of aryl methyl sites for hydroxylation is 1. The molecule has 1 fully saturated rings. The molecule has 0 radical (unpaired) electrons. The zero-order valence-corrected chi connectivity index (χ0v) is 21.4. The lowest BCUT2D eigenvalue weighted by Crippen LogP contribution is -2.49. The number of rotatable bonds is 9. The van der Waals surface area contributed by atoms with Gasteiger partial charge in [-0.2, -0.15) is 9.57 Å². The number of nitriles is 1. The highest BCUT2D eigenvalue weighted by Gasteiger charge is 2.30. The first-order valence-electron chi connectivity index (χ1n) is 11.9. The molecule has 3 aromatic carbocycles. The van der Waals surface area contributed by atoms with Gasteiger partial charge in [-0.3, -0.25) is 4.90 Å². The highest BCUT2D eigenvalue weighted by Crippen LogP contribution is 2.26. The van der Waals surface area contributed by atoms with Crippen molar-refractivity contribution < 1.29 is 17.9 Å². The van der Waals surface area contributed by atoms with Crippen LogP contribution in [0.4, 0.5) is 0 Å². The summed E-state index contributed by atoms with van der Waals surface area (Å²) >= 11 is 0. The average molecular weight is 506 g/mol. The molecule has 3 aromatic rings. The summed E-state index contributed by atoms with van der Waals surface area (Å²) in [7, 11) is -2.00. The summed E-state index contributed by atoms with van der Waals surface area (Å²) in [4.78, 5) is 2.39. The van der Waals surface area contributed by atoms with Crippen molar-refractivity contribution in [1.29, 1.82) is 5.26 Å². The highest BCUT2D eigenvalue weighted by atomic mass is 32.2. The Balaban J connectivity index is 1.44. The van der Waals surface area contributed by atoms with E-state index < -0.39 is 10.0 Å². The predicted octanol–water partition coefficient (Wildman–Crippen LogP) is 4.14. The first-order chi connectivity index (χ1) is 17.4. The van der Waals surface area contributed by atoms with E-state index >= 15 is 0 Å². The molecule has 0 aliphatic carbocycles. The van der Waals surface area contributed by atoms with E-state index in [1.165, 1.54) is 15.9 Å². The fourth-order valence-corrected chi connectivity index (χ4v) is 5.71. The molecule has 1 heterocycles. The second-order valence-corrected chi connectivity index (χ2v) is 10.8. The van der Waals surface area contributed by atoms with Crippen LogP contribution in [0.3, 0.4) is 0 Å². The second-order valence-electron chi connectivity index (χ2n) is 8.91. The van der Waals surface area contributed by atoms with E-state index in [0.29, 0.717) is 44.9 Å². The third-order valence-corrected chi connectivity index (χ3v) is 8.29. The highest BCUT2D eigenvalue weighted by molar-refractivity contribution is 7.89. The van der Waals surface area contributed by atoms with E-state index in [2.05, 4.69) is 36.1 Å². The van der Waals surface area contributed by atoms with E-state index in [4.69, 9.17) is 14.7 Å². The molecule has 0 spiro atoms. The van der Waals surface area contributed by atoms with Gasteiger partial charge in [0.2, 0.25) is 10.0 Å². The monoisotopic (exact) mass is 505 g/mol. The Labute approximate surface area is 213 Å². The molecule has 0 N–H and O–H groups in total.